The van der Waals surface area contributed by atoms with Gasteiger partial charge in [-0.25, -0.2) is 0 Å². The highest BCUT2D eigenvalue weighted by Gasteiger charge is 2.57. The van der Waals surface area contributed by atoms with E-state index in [1.807, 2.05) is 17.2 Å². The number of morpholine rings is 1. The minimum atomic E-state index is -0.772. The van der Waals surface area contributed by atoms with E-state index in [9.17, 15) is 4.79 Å². The van der Waals surface area contributed by atoms with Crippen molar-refractivity contribution in [2.45, 2.75) is 30.9 Å². The fraction of sp³-hybridized carbons (Fsp3) is 0.524. The van der Waals surface area contributed by atoms with E-state index in [0.29, 0.717) is 26.2 Å². The van der Waals surface area contributed by atoms with E-state index in [-0.39, 0.29) is 11.8 Å². The minimum absolute atomic E-state index is 0.0442. The number of rotatable bonds is 5. The van der Waals surface area contributed by atoms with Gasteiger partial charge in [-0.1, -0.05) is 6.07 Å². The Morgan fingerprint density at radius 2 is 2.26 bits per heavy atom. The van der Waals surface area contributed by atoms with Crippen molar-refractivity contribution >= 4 is 17.2 Å². The Labute approximate surface area is 164 Å². The van der Waals surface area contributed by atoms with Crippen LogP contribution in [0.25, 0.3) is 0 Å². The number of likely N-dealkylation sites (tertiary alicyclic amines) is 1. The summed E-state index contributed by atoms with van der Waals surface area (Å²) in [5, 5.41) is 4.20. The van der Waals surface area contributed by atoms with E-state index >= 15 is 0 Å². The zero-order valence-electron chi connectivity index (χ0n) is 15.4. The van der Waals surface area contributed by atoms with E-state index in [0.717, 1.165) is 24.6 Å². The molecule has 1 spiro atoms. The third kappa shape index (κ3) is 3.30. The lowest BCUT2D eigenvalue weighted by molar-refractivity contribution is -0.173. The van der Waals surface area contributed by atoms with Gasteiger partial charge in [0.25, 0.3) is 5.91 Å². The second-order valence-electron chi connectivity index (χ2n) is 8.07. The number of hydrogen-bond donors (Lipinski definition) is 0. The predicted molar refractivity (Wildman–Crippen MR) is 105 cm³/mol. The lowest BCUT2D eigenvalue weighted by Crippen LogP contribution is -2.60. The summed E-state index contributed by atoms with van der Waals surface area (Å²) in [6.45, 7) is 4.60. The van der Waals surface area contributed by atoms with Gasteiger partial charge in [0.1, 0.15) is 0 Å². The number of carbonyl (C=O) groups excluding carboxylic acids is 1. The van der Waals surface area contributed by atoms with Crippen LogP contribution in [0.4, 0.5) is 0 Å². The van der Waals surface area contributed by atoms with Crippen molar-refractivity contribution < 1.29 is 9.53 Å². The molecule has 2 aromatic rings. The van der Waals surface area contributed by atoms with Crippen LogP contribution in [0.5, 0.6) is 0 Å². The van der Waals surface area contributed by atoms with E-state index in [1.165, 1.54) is 18.4 Å². The molecule has 3 aliphatic rings. The van der Waals surface area contributed by atoms with Crippen LogP contribution in [0.2, 0.25) is 0 Å². The first-order chi connectivity index (χ1) is 13.2. The first-order valence-corrected chi connectivity index (χ1v) is 10.8. The van der Waals surface area contributed by atoms with Crippen molar-refractivity contribution in [1.82, 2.24) is 14.8 Å². The highest BCUT2D eigenvalue weighted by Crippen LogP contribution is 2.43. The Kier molecular flexibility index (Phi) is 4.50. The van der Waals surface area contributed by atoms with Crippen molar-refractivity contribution in [3.63, 3.8) is 0 Å². The Hall–Kier alpha value is -1.76. The SMILES string of the molecule is O=C1N(Cc2ccsc2)CCO[C@]12CN(CC1CC1)C[C@@H]2c1cccnc1. The topological polar surface area (TPSA) is 45.7 Å². The van der Waals surface area contributed by atoms with Crippen LogP contribution >= 0.6 is 11.3 Å². The number of amides is 1. The molecule has 1 saturated carbocycles. The maximum Gasteiger partial charge on any atom is 0.257 e. The molecular weight excluding hydrogens is 358 g/mol. The van der Waals surface area contributed by atoms with Gasteiger partial charge < -0.3 is 9.64 Å². The third-order valence-corrected chi connectivity index (χ3v) is 6.82. The summed E-state index contributed by atoms with van der Waals surface area (Å²) in [6, 6.07) is 6.16. The lowest BCUT2D eigenvalue weighted by Gasteiger charge is -2.42. The van der Waals surface area contributed by atoms with Gasteiger partial charge in [-0.2, -0.15) is 11.3 Å². The quantitative estimate of drug-likeness (QED) is 0.797. The average molecular weight is 384 g/mol. The number of carbonyl (C=O) groups is 1. The number of ether oxygens (including phenoxy) is 1. The molecule has 2 aromatic heterocycles. The average Bonchev–Trinajstić information content (AvgIpc) is 3.21. The van der Waals surface area contributed by atoms with E-state index in [2.05, 4.69) is 32.8 Å². The van der Waals surface area contributed by atoms with Gasteiger partial charge in [0.05, 0.1) is 6.61 Å². The van der Waals surface area contributed by atoms with Gasteiger partial charge in [0.2, 0.25) is 0 Å². The van der Waals surface area contributed by atoms with Gasteiger partial charge in [0, 0.05) is 51.0 Å². The Morgan fingerprint density at radius 3 is 3.00 bits per heavy atom. The maximum absolute atomic E-state index is 13.7. The molecule has 142 valence electrons. The predicted octanol–water partition coefficient (Wildman–Crippen LogP) is 2.75. The van der Waals surface area contributed by atoms with Crippen molar-refractivity contribution in [3.8, 4) is 0 Å². The molecule has 6 heteroatoms. The van der Waals surface area contributed by atoms with E-state index < -0.39 is 5.60 Å². The van der Waals surface area contributed by atoms with Crippen LogP contribution < -0.4 is 0 Å². The standard InChI is InChI=1S/C21H25N3O2S/c25-20-21(26-8-7-24(20)12-17-5-9-27-14-17)15-23(11-16-3-4-16)13-19(21)18-2-1-6-22-10-18/h1-2,5-6,9-10,14,16,19H,3-4,7-8,11-13,15H2/t19-,21+/m1/s1. The molecule has 1 amide bonds. The summed E-state index contributed by atoms with van der Waals surface area (Å²) in [6.07, 6.45) is 6.33. The normalized spacial score (nSPS) is 29.0. The third-order valence-electron chi connectivity index (χ3n) is 6.09. The number of thiophene rings is 1. The number of pyridine rings is 1. The fourth-order valence-corrected chi connectivity index (χ4v) is 5.22. The van der Waals surface area contributed by atoms with Crippen LogP contribution in [-0.2, 0) is 16.1 Å². The molecule has 27 heavy (non-hydrogen) atoms. The van der Waals surface area contributed by atoms with Crippen molar-refractivity contribution in [2.24, 2.45) is 5.92 Å². The molecular formula is C21H25N3O2S. The molecule has 0 unspecified atom stereocenters. The highest BCUT2D eigenvalue weighted by molar-refractivity contribution is 7.07. The van der Waals surface area contributed by atoms with E-state index in [4.69, 9.17) is 4.74 Å². The first kappa shape index (κ1) is 17.3. The first-order valence-electron chi connectivity index (χ1n) is 9.81. The van der Waals surface area contributed by atoms with Crippen molar-refractivity contribution in [2.75, 3.05) is 32.8 Å². The van der Waals surface area contributed by atoms with Gasteiger partial charge in [0.15, 0.2) is 5.60 Å². The molecule has 1 aliphatic carbocycles. The summed E-state index contributed by atoms with van der Waals surface area (Å²) in [5.41, 5.74) is 1.55. The minimum Gasteiger partial charge on any atom is -0.361 e. The zero-order valence-corrected chi connectivity index (χ0v) is 16.2. The molecule has 5 rings (SSSR count). The van der Waals surface area contributed by atoms with Crippen LogP contribution in [0.1, 0.15) is 29.9 Å². The largest absolute Gasteiger partial charge is 0.361 e. The van der Waals surface area contributed by atoms with Gasteiger partial charge in [-0.15, -0.1) is 0 Å². The Bertz CT molecular complexity index is 793. The number of hydrogen-bond acceptors (Lipinski definition) is 5. The molecule has 0 bridgehead atoms. The summed E-state index contributed by atoms with van der Waals surface area (Å²) in [7, 11) is 0. The van der Waals surface area contributed by atoms with Crippen molar-refractivity contribution in [3.05, 3.63) is 52.5 Å². The van der Waals surface area contributed by atoms with Crippen LogP contribution in [0.15, 0.2) is 41.4 Å². The summed E-state index contributed by atoms with van der Waals surface area (Å²) in [5.74, 6) is 0.991. The second kappa shape index (κ2) is 7.00. The molecule has 0 N–H and O–H groups in total. The number of nitrogens with zero attached hydrogens (tertiary/aromatic N) is 3. The van der Waals surface area contributed by atoms with Crippen LogP contribution in [-0.4, -0.2) is 59.1 Å². The Balaban J connectivity index is 1.44. The molecule has 5 nitrogen and oxygen atoms in total. The van der Waals surface area contributed by atoms with Gasteiger partial charge >= 0.3 is 0 Å². The van der Waals surface area contributed by atoms with E-state index in [1.54, 1.807) is 17.5 Å². The maximum atomic E-state index is 13.7. The summed E-state index contributed by atoms with van der Waals surface area (Å²) >= 11 is 1.68. The highest BCUT2D eigenvalue weighted by atomic mass is 32.1. The molecule has 0 aromatic carbocycles. The fourth-order valence-electron chi connectivity index (χ4n) is 4.56. The molecule has 2 atom stereocenters. The lowest BCUT2D eigenvalue weighted by atomic mass is 9.83. The zero-order chi connectivity index (χ0) is 18.3. The van der Waals surface area contributed by atoms with Crippen LogP contribution in [0.3, 0.4) is 0 Å². The van der Waals surface area contributed by atoms with Gasteiger partial charge in [-0.05, 0) is 52.8 Å². The molecule has 2 aliphatic heterocycles. The molecule has 4 heterocycles. The van der Waals surface area contributed by atoms with Crippen LogP contribution in [0, 0.1) is 5.92 Å². The molecule has 3 fully saturated rings. The Morgan fingerprint density at radius 1 is 1.33 bits per heavy atom. The second-order valence-corrected chi connectivity index (χ2v) is 8.85. The number of aromatic nitrogens is 1. The smallest absolute Gasteiger partial charge is 0.257 e. The van der Waals surface area contributed by atoms with Gasteiger partial charge in [-0.3, -0.25) is 14.7 Å². The van der Waals surface area contributed by atoms with Crippen molar-refractivity contribution in [1.29, 1.82) is 0 Å². The molecule has 0 radical (unpaired) electrons. The monoisotopic (exact) mass is 383 g/mol. The molecule has 2 saturated heterocycles. The summed E-state index contributed by atoms with van der Waals surface area (Å²) < 4.78 is 6.33. The summed E-state index contributed by atoms with van der Waals surface area (Å²) in [4.78, 5) is 22.4.